The number of hydrogen-bond donors (Lipinski definition) is 0. The lowest BCUT2D eigenvalue weighted by Gasteiger charge is -2.02. The molecule has 0 heterocycles. The molecule has 0 aromatic rings. The van der Waals surface area contributed by atoms with Gasteiger partial charge in [-0.25, -0.2) is 4.79 Å². The molecule has 0 aromatic carbocycles. The van der Waals surface area contributed by atoms with Gasteiger partial charge in [-0.05, 0) is 0 Å². The minimum absolute atomic E-state index is 0.0579. The maximum atomic E-state index is 10.9. The molecule has 0 N–H and O–H groups in total. The molecule has 5 heteroatoms. The number of carbonyl (C=O) groups is 2. The van der Waals surface area contributed by atoms with E-state index in [4.69, 9.17) is 0 Å². The van der Waals surface area contributed by atoms with Crippen LogP contribution < -0.4 is 0 Å². The fourth-order valence-corrected chi connectivity index (χ4v) is 0.595. The van der Waals surface area contributed by atoms with Crippen molar-refractivity contribution in [3.05, 3.63) is 0 Å². The molecule has 0 bridgehead atoms. The van der Waals surface area contributed by atoms with E-state index in [1.807, 2.05) is 0 Å². The predicted octanol–water partition coefficient (Wildman–Crippen LogP) is -0.218. The molecule has 0 unspecified atom stereocenters. The highest BCUT2D eigenvalue weighted by Gasteiger charge is 2.13. The Kier molecular flexibility index (Phi) is 7.14. The summed E-state index contributed by atoms with van der Waals surface area (Å²) in [6, 6.07) is 0. The standard InChI is InChI=1S/C8H14O5/c1-11-4-3-7(9)8(10)13-6-5-12-2/h3-6H2,1-2H3. The number of rotatable bonds is 7. The van der Waals surface area contributed by atoms with Crippen molar-refractivity contribution in [2.24, 2.45) is 0 Å². The lowest BCUT2D eigenvalue weighted by molar-refractivity contribution is -0.155. The summed E-state index contributed by atoms with van der Waals surface area (Å²) in [4.78, 5) is 21.7. The van der Waals surface area contributed by atoms with Crippen molar-refractivity contribution in [2.75, 3.05) is 34.0 Å². The van der Waals surface area contributed by atoms with Crippen molar-refractivity contribution in [3.63, 3.8) is 0 Å². The van der Waals surface area contributed by atoms with Gasteiger partial charge in [-0.1, -0.05) is 0 Å². The van der Waals surface area contributed by atoms with Crippen molar-refractivity contribution in [1.82, 2.24) is 0 Å². The number of hydrogen-bond acceptors (Lipinski definition) is 5. The molecule has 0 spiro atoms. The third kappa shape index (κ3) is 6.24. The van der Waals surface area contributed by atoms with Crippen molar-refractivity contribution >= 4 is 11.8 Å². The zero-order chi connectivity index (χ0) is 10.1. The summed E-state index contributed by atoms with van der Waals surface area (Å²) in [5.41, 5.74) is 0. The van der Waals surface area contributed by atoms with Crippen molar-refractivity contribution in [1.29, 1.82) is 0 Å². The number of ether oxygens (including phenoxy) is 3. The van der Waals surface area contributed by atoms with E-state index in [-0.39, 0.29) is 19.6 Å². The first-order valence-electron chi connectivity index (χ1n) is 3.90. The molecule has 0 aromatic heterocycles. The molecule has 0 aliphatic rings. The van der Waals surface area contributed by atoms with Crippen LogP contribution in [0.4, 0.5) is 0 Å². The maximum absolute atomic E-state index is 10.9. The molecular weight excluding hydrogens is 176 g/mol. The molecule has 13 heavy (non-hydrogen) atoms. The first-order chi connectivity index (χ1) is 6.22. The second-order valence-electron chi connectivity index (χ2n) is 2.29. The third-order valence-corrected chi connectivity index (χ3v) is 1.28. The molecule has 0 fully saturated rings. The van der Waals surface area contributed by atoms with Crippen molar-refractivity contribution < 1.29 is 23.8 Å². The number of methoxy groups -OCH3 is 2. The highest BCUT2D eigenvalue weighted by atomic mass is 16.6. The summed E-state index contributed by atoms with van der Waals surface area (Å²) in [5.74, 6) is -1.40. The summed E-state index contributed by atoms with van der Waals surface area (Å²) in [7, 11) is 2.95. The zero-order valence-corrected chi connectivity index (χ0v) is 7.87. The van der Waals surface area contributed by atoms with E-state index in [2.05, 4.69) is 14.2 Å². The van der Waals surface area contributed by atoms with Crippen LogP contribution in [0.5, 0.6) is 0 Å². The first-order valence-corrected chi connectivity index (χ1v) is 3.90. The van der Waals surface area contributed by atoms with Crippen LogP contribution in [0, 0.1) is 0 Å². The van der Waals surface area contributed by atoms with Crippen LogP contribution >= 0.6 is 0 Å². The van der Waals surface area contributed by atoms with Crippen LogP contribution in [0.15, 0.2) is 0 Å². The Morgan fingerprint density at radius 3 is 2.15 bits per heavy atom. The molecule has 0 aliphatic carbocycles. The molecule has 0 saturated carbocycles. The van der Waals surface area contributed by atoms with E-state index < -0.39 is 11.8 Å². The van der Waals surface area contributed by atoms with Crippen LogP contribution in [0.1, 0.15) is 6.42 Å². The minimum atomic E-state index is -0.825. The molecule has 0 aliphatic heterocycles. The van der Waals surface area contributed by atoms with Crippen molar-refractivity contribution in [3.8, 4) is 0 Å². The fraction of sp³-hybridized carbons (Fsp3) is 0.750. The fourth-order valence-electron chi connectivity index (χ4n) is 0.595. The smallest absolute Gasteiger partial charge is 0.374 e. The molecule has 0 radical (unpaired) electrons. The molecule has 5 nitrogen and oxygen atoms in total. The van der Waals surface area contributed by atoms with Gasteiger partial charge < -0.3 is 14.2 Å². The number of ketones is 1. The van der Waals surface area contributed by atoms with Crippen LogP contribution in [0.25, 0.3) is 0 Å². The monoisotopic (exact) mass is 190 g/mol. The normalized spacial score (nSPS) is 9.69. The lowest BCUT2D eigenvalue weighted by atomic mass is 10.3. The molecule has 0 amide bonds. The second-order valence-corrected chi connectivity index (χ2v) is 2.29. The Morgan fingerprint density at radius 2 is 1.62 bits per heavy atom. The lowest BCUT2D eigenvalue weighted by Crippen LogP contribution is -2.20. The van der Waals surface area contributed by atoms with Gasteiger partial charge in [0, 0.05) is 20.6 Å². The van der Waals surface area contributed by atoms with E-state index in [0.29, 0.717) is 6.61 Å². The average Bonchev–Trinajstić information content (AvgIpc) is 2.14. The summed E-state index contributed by atoms with van der Waals surface area (Å²) >= 11 is 0. The summed E-state index contributed by atoms with van der Waals surface area (Å²) in [5, 5.41) is 0. The number of Topliss-reactive ketones (excluding diaryl/α,β-unsaturated/α-hetero) is 1. The van der Waals surface area contributed by atoms with Gasteiger partial charge >= 0.3 is 5.97 Å². The molecule has 76 valence electrons. The quantitative estimate of drug-likeness (QED) is 0.315. The van der Waals surface area contributed by atoms with Gasteiger partial charge in [0.2, 0.25) is 5.78 Å². The Morgan fingerprint density at radius 1 is 1.00 bits per heavy atom. The Labute approximate surface area is 77.0 Å². The van der Waals surface area contributed by atoms with E-state index in [1.165, 1.54) is 14.2 Å². The van der Waals surface area contributed by atoms with Gasteiger partial charge in [-0.3, -0.25) is 4.79 Å². The SMILES string of the molecule is COCCOC(=O)C(=O)CCOC. The van der Waals surface area contributed by atoms with E-state index in [9.17, 15) is 9.59 Å². The van der Waals surface area contributed by atoms with Gasteiger partial charge in [0.1, 0.15) is 6.61 Å². The highest BCUT2D eigenvalue weighted by Crippen LogP contribution is 1.88. The Bertz CT molecular complexity index is 166. The largest absolute Gasteiger partial charge is 0.458 e. The van der Waals surface area contributed by atoms with Crippen molar-refractivity contribution in [2.45, 2.75) is 6.42 Å². The third-order valence-electron chi connectivity index (χ3n) is 1.28. The van der Waals surface area contributed by atoms with Gasteiger partial charge in [0.15, 0.2) is 0 Å². The Balaban J connectivity index is 3.51. The average molecular weight is 190 g/mol. The number of esters is 1. The van der Waals surface area contributed by atoms with Crippen LogP contribution in [0.2, 0.25) is 0 Å². The van der Waals surface area contributed by atoms with E-state index in [1.54, 1.807) is 0 Å². The predicted molar refractivity (Wildman–Crippen MR) is 44.3 cm³/mol. The van der Waals surface area contributed by atoms with Gasteiger partial charge in [0.25, 0.3) is 0 Å². The summed E-state index contributed by atoms with van der Waals surface area (Å²) < 4.78 is 13.8. The van der Waals surface area contributed by atoms with E-state index >= 15 is 0 Å². The van der Waals surface area contributed by atoms with Crippen LogP contribution in [-0.4, -0.2) is 45.8 Å². The topological polar surface area (TPSA) is 61.8 Å². The van der Waals surface area contributed by atoms with Crippen LogP contribution in [-0.2, 0) is 23.8 Å². The number of carbonyl (C=O) groups excluding carboxylic acids is 2. The second kappa shape index (κ2) is 7.70. The summed E-state index contributed by atoms with van der Waals surface area (Å²) in [6.07, 6.45) is 0.0579. The highest BCUT2D eigenvalue weighted by molar-refractivity contribution is 6.33. The maximum Gasteiger partial charge on any atom is 0.374 e. The van der Waals surface area contributed by atoms with Gasteiger partial charge in [-0.15, -0.1) is 0 Å². The van der Waals surface area contributed by atoms with Gasteiger partial charge in [0.05, 0.1) is 13.2 Å². The molecule has 0 saturated heterocycles. The zero-order valence-electron chi connectivity index (χ0n) is 7.87. The summed E-state index contributed by atoms with van der Waals surface area (Å²) in [6.45, 7) is 0.634. The Hall–Kier alpha value is -0.940. The molecular formula is C8H14O5. The molecule has 0 rings (SSSR count). The van der Waals surface area contributed by atoms with Gasteiger partial charge in [-0.2, -0.15) is 0 Å². The first kappa shape index (κ1) is 12.1. The molecule has 0 atom stereocenters. The van der Waals surface area contributed by atoms with Crippen LogP contribution in [0.3, 0.4) is 0 Å². The van der Waals surface area contributed by atoms with E-state index in [0.717, 1.165) is 0 Å². The minimum Gasteiger partial charge on any atom is -0.458 e.